The normalized spacial score (nSPS) is 12.7. The predicted octanol–water partition coefficient (Wildman–Crippen LogP) is 4.25. The summed E-state index contributed by atoms with van der Waals surface area (Å²) in [5, 5.41) is 2.72. The van der Waals surface area contributed by atoms with E-state index in [1.807, 2.05) is 19.1 Å². The molecule has 0 saturated heterocycles. The molecular weight excluding hydrogens is 380 g/mol. The minimum absolute atomic E-state index is 0.107. The number of carbonyl (C=O) groups excluding carboxylic acids is 4. The second kappa shape index (κ2) is 7.40. The van der Waals surface area contributed by atoms with Gasteiger partial charge in [0.05, 0.1) is 16.8 Å². The molecule has 0 spiro atoms. The maximum absolute atomic E-state index is 12.9. The second-order valence-electron chi connectivity index (χ2n) is 7.13. The number of nitrogens with one attached hydrogen (secondary N) is 1. The van der Waals surface area contributed by atoms with E-state index >= 15 is 0 Å². The molecule has 0 aromatic heterocycles. The van der Waals surface area contributed by atoms with E-state index in [0.717, 1.165) is 10.5 Å². The summed E-state index contributed by atoms with van der Waals surface area (Å²) in [5.41, 5.74) is 3.14. The molecule has 1 N–H and O–H groups in total. The lowest BCUT2D eigenvalue weighted by Gasteiger charge is -2.13. The molecular formula is C24H18N2O4. The summed E-state index contributed by atoms with van der Waals surface area (Å²) in [5.74, 6) is -1.43. The molecule has 0 saturated carbocycles. The van der Waals surface area contributed by atoms with E-state index in [2.05, 4.69) is 5.32 Å². The standard InChI is InChI=1S/C24H18N2O4/c1-14-6-9-19(10-7-14)26-23(29)20-11-8-17(13-21(20)24(26)30)22(28)25-18-5-3-4-16(12-18)15(2)27/h3-13H,1-2H3,(H,25,28). The van der Waals surface area contributed by atoms with Crippen LogP contribution in [0.4, 0.5) is 11.4 Å². The van der Waals surface area contributed by atoms with Gasteiger partial charge in [-0.2, -0.15) is 0 Å². The number of amides is 3. The molecule has 4 rings (SSSR count). The van der Waals surface area contributed by atoms with Crippen molar-refractivity contribution in [2.24, 2.45) is 0 Å². The average Bonchev–Trinajstić information content (AvgIpc) is 2.99. The number of imide groups is 1. The Morgan fingerprint density at radius 2 is 1.50 bits per heavy atom. The monoisotopic (exact) mass is 398 g/mol. The van der Waals surface area contributed by atoms with E-state index in [1.54, 1.807) is 36.4 Å². The van der Waals surface area contributed by atoms with Gasteiger partial charge in [-0.3, -0.25) is 19.2 Å². The Bertz CT molecular complexity index is 1210. The van der Waals surface area contributed by atoms with Crippen LogP contribution in [-0.2, 0) is 0 Å². The fourth-order valence-electron chi connectivity index (χ4n) is 3.33. The van der Waals surface area contributed by atoms with Crippen molar-refractivity contribution in [3.05, 3.63) is 94.5 Å². The van der Waals surface area contributed by atoms with Crippen LogP contribution in [0.3, 0.4) is 0 Å². The highest BCUT2D eigenvalue weighted by molar-refractivity contribution is 6.34. The van der Waals surface area contributed by atoms with E-state index in [0.29, 0.717) is 16.9 Å². The predicted molar refractivity (Wildman–Crippen MR) is 113 cm³/mol. The molecule has 3 aromatic carbocycles. The van der Waals surface area contributed by atoms with Crippen LogP contribution in [0.15, 0.2) is 66.7 Å². The van der Waals surface area contributed by atoms with Crippen LogP contribution in [-0.4, -0.2) is 23.5 Å². The first-order valence-electron chi connectivity index (χ1n) is 9.37. The number of nitrogens with zero attached hydrogens (tertiary/aromatic N) is 1. The number of Topliss-reactive ketones (excluding diaryl/α,β-unsaturated/α-hetero) is 1. The number of ketones is 1. The van der Waals surface area contributed by atoms with Gasteiger partial charge in [0.2, 0.25) is 0 Å². The van der Waals surface area contributed by atoms with Crippen LogP contribution >= 0.6 is 0 Å². The fraction of sp³-hybridized carbons (Fsp3) is 0.0833. The van der Waals surface area contributed by atoms with E-state index < -0.39 is 17.7 Å². The molecule has 30 heavy (non-hydrogen) atoms. The Morgan fingerprint density at radius 1 is 0.800 bits per heavy atom. The Balaban J connectivity index is 1.61. The molecule has 1 aliphatic rings. The molecule has 1 aliphatic heterocycles. The smallest absolute Gasteiger partial charge is 0.266 e. The third-order valence-corrected chi connectivity index (χ3v) is 4.97. The van der Waals surface area contributed by atoms with Crippen molar-refractivity contribution in [1.82, 2.24) is 0 Å². The molecule has 0 unspecified atom stereocenters. The van der Waals surface area contributed by atoms with Gasteiger partial charge in [-0.15, -0.1) is 0 Å². The van der Waals surface area contributed by atoms with Gasteiger partial charge in [0.15, 0.2) is 5.78 Å². The van der Waals surface area contributed by atoms with Gasteiger partial charge in [-0.05, 0) is 56.3 Å². The van der Waals surface area contributed by atoms with Crippen molar-refractivity contribution >= 4 is 34.9 Å². The molecule has 0 bridgehead atoms. The number of benzene rings is 3. The van der Waals surface area contributed by atoms with Gasteiger partial charge >= 0.3 is 0 Å². The highest BCUT2D eigenvalue weighted by Crippen LogP contribution is 2.29. The molecule has 0 fully saturated rings. The highest BCUT2D eigenvalue weighted by Gasteiger charge is 2.37. The molecule has 0 atom stereocenters. The zero-order valence-electron chi connectivity index (χ0n) is 16.4. The number of carbonyl (C=O) groups is 4. The first-order valence-corrected chi connectivity index (χ1v) is 9.37. The third kappa shape index (κ3) is 3.39. The third-order valence-electron chi connectivity index (χ3n) is 4.97. The Labute approximate surface area is 173 Å². The Kier molecular flexibility index (Phi) is 4.75. The van der Waals surface area contributed by atoms with Crippen LogP contribution in [0.2, 0.25) is 0 Å². The summed E-state index contributed by atoms with van der Waals surface area (Å²) in [7, 11) is 0. The van der Waals surface area contributed by atoms with Crippen molar-refractivity contribution in [2.45, 2.75) is 13.8 Å². The molecule has 3 aromatic rings. The van der Waals surface area contributed by atoms with Crippen molar-refractivity contribution in [3.63, 3.8) is 0 Å². The SMILES string of the molecule is CC(=O)c1cccc(NC(=O)c2ccc3c(c2)C(=O)N(c2ccc(C)cc2)C3=O)c1. The van der Waals surface area contributed by atoms with Gasteiger partial charge in [0.25, 0.3) is 17.7 Å². The minimum Gasteiger partial charge on any atom is -0.322 e. The van der Waals surface area contributed by atoms with Crippen LogP contribution in [0.25, 0.3) is 0 Å². The minimum atomic E-state index is -0.466. The molecule has 0 aliphatic carbocycles. The van der Waals surface area contributed by atoms with E-state index in [-0.39, 0.29) is 22.5 Å². The van der Waals surface area contributed by atoms with Gasteiger partial charge in [0, 0.05) is 16.8 Å². The molecule has 6 nitrogen and oxygen atoms in total. The van der Waals surface area contributed by atoms with Crippen molar-refractivity contribution < 1.29 is 19.2 Å². The van der Waals surface area contributed by atoms with Crippen LogP contribution in [0.1, 0.15) is 53.9 Å². The largest absolute Gasteiger partial charge is 0.322 e. The fourth-order valence-corrected chi connectivity index (χ4v) is 3.33. The summed E-state index contributed by atoms with van der Waals surface area (Å²) >= 11 is 0. The van der Waals surface area contributed by atoms with Gasteiger partial charge in [0.1, 0.15) is 0 Å². The first-order chi connectivity index (χ1) is 14.3. The van der Waals surface area contributed by atoms with Crippen molar-refractivity contribution in [3.8, 4) is 0 Å². The number of hydrogen-bond acceptors (Lipinski definition) is 4. The molecule has 148 valence electrons. The van der Waals surface area contributed by atoms with E-state index in [4.69, 9.17) is 0 Å². The highest BCUT2D eigenvalue weighted by atomic mass is 16.2. The molecule has 3 amide bonds. The van der Waals surface area contributed by atoms with Gasteiger partial charge in [-0.1, -0.05) is 29.8 Å². The zero-order valence-corrected chi connectivity index (χ0v) is 16.4. The number of hydrogen-bond donors (Lipinski definition) is 1. The lowest BCUT2D eigenvalue weighted by molar-refractivity contribution is 0.0924. The summed E-state index contributed by atoms with van der Waals surface area (Å²) in [4.78, 5) is 50.9. The van der Waals surface area contributed by atoms with Gasteiger partial charge < -0.3 is 5.32 Å². The zero-order chi connectivity index (χ0) is 21.4. The second-order valence-corrected chi connectivity index (χ2v) is 7.13. The van der Waals surface area contributed by atoms with Crippen molar-refractivity contribution in [2.75, 3.05) is 10.2 Å². The lowest BCUT2D eigenvalue weighted by Crippen LogP contribution is -2.29. The molecule has 0 radical (unpaired) electrons. The topological polar surface area (TPSA) is 83.6 Å². The first kappa shape index (κ1) is 19.3. The lowest BCUT2D eigenvalue weighted by atomic mass is 10.0. The number of fused-ring (bicyclic) bond motifs is 1. The Morgan fingerprint density at radius 3 is 2.20 bits per heavy atom. The van der Waals surface area contributed by atoms with E-state index in [9.17, 15) is 19.2 Å². The van der Waals surface area contributed by atoms with Crippen LogP contribution in [0, 0.1) is 6.92 Å². The summed E-state index contributed by atoms with van der Waals surface area (Å²) < 4.78 is 0. The maximum Gasteiger partial charge on any atom is 0.266 e. The van der Waals surface area contributed by atoms with Crippen molar-refractivity contribution in [1.29, 1.82) is 0 Å². The van der Waals surface area contributed by atoms with Crippen LogP contribution in [0.5, 0.6) is 0 Å². The Hall–Kier alpha value is -4.06. The van der Waals surface area contributed by atoms with E-state index in [1.165, 1.54) is 25.1 Å². The summed E-state index contributed by atoms with van der Waals surface area (Å²) in [6.07, 6.45) is 0. The number of anilines is 2. The van der Waals surface area contributed by atoms with Gasteiger partial charge in [-0.25, -0.2) is 4.90 Å². The molecule has 6 heteroatoms. The summed E-state index contributed by atoms with van der Waals surface area (Å²) in [6, 6.07) is 18.1. The quantitative estimate of drug-likeness (QED) is 0.526. The number of aryl methyl sites for hydroxylation is 1. The molecule has 1 heterocycles. The number of rotatable bonds is 4. The summed E-state index contributed by atoms with van der Waals surface area (Å²) in [6.45, 7) is 3.37. The van der Waals surface area contributed by atoms with Crippen LogP contribution < -0.4 is 10.2 Å². The maximum atomic E-state index is 12.9. The average molecular weight is 398 g/mol.